The van der Waals surface area contributed by atoms with E-state index in [1.54, 1.807) is 6.07 Å². The Morgan fingerprint density at radius 1 is 1.10 bits per heavy atom. The number of ether oxygens (including phenoxy) is 1. The molecule has 2 nitrogen and oxygen atoms in total. The van der Waals surface area contributed by atoms with Gasteiger partial charge in [-0.1, -0.05) is 41.2 Å². The summed E-state index contributed by atoms with van der Waals surface area (Å²) in [6.07, 6.45) is 0. The van der Waals surface area contributed by atoms with Crippen molar-refractivity contribution in [2.75, 3.05) is 6.54 Å². The quantitative estimate of drug-likeness (QED) is 0.877. The maximum atomic E-state index is 13.3. The molecule has 0 unspecified atom stereocenters. The zero-order chi connectivity index (χ0) is 15.2. The second-order valence-corrected chi connectivity index (χ2v) is 4.93. The summed E-state index contributed by atoms with van der Waals surface area (Å²) in [5.41, 5.74) is 9.33. The molecule has 0 spiro atoms. The molecule has 0 amide bonds. The summed E-state index contributed by atoms with van der Waals surface area (Å²) in [7, 11) is 0. The monoisotopic (exact) mass is 283 g/mol. The molecule has 0 aliphatic carbocycles. The molecule has 3 heteroatoms. The number of halogens is 1. The van der Waals surface area contributed by atoms with Gasteiger partial charge in [0.25, 0.3) is 0 Å². The molecular formula is C18H18FNO. The first-order chi connectivity index (χ1) is 10.1. The minimum Gasteiger partial charge on any atom is -0.488 e. The van der Waals surface area contributed by atoms with E-state index in [1.807, 2.05) is 13.8 Å². The Balaban J connectivity index is 2.19. The molecule has 0 aromatic heterocycles. The Kier molecular flexibility index (Phi) is 4.97. The first-order valence-electron chi connectivity index (χ1n) is 6.77. The predicted molar refractivity (Wildman–Crippen MR) is 82.6 cm³/mol. The Morgan fingerprint density at radius 3 is 2.48 bits per heavy atom. The lowest BCUT2D eigenvalue weighted by molar-refractivity contribution is 0.304. The molecule has 0 saturated carbocycles. The van der Waals surface area contributed by atoms with E-state index < -0.39 is 0 Å². The van der Waals surface area contributed by atoms with Crippen LogP contribution in [0.4, 0.5) is 4.39 Å². The van der Waals surface area contributed by atoms with E-state index in [4.69, 9.17) is 10.5 Å². The van der Waals surface area contributed by atoms with Crippen molar-refractivity contribution in [2.24, 2.45) is 5.73 Å². The SMILES string of the molecule is Cc1cc(C)cc(COc2ccc(F)cc2C#CCN)c1. The van der Waals surface area contributed by atoms with Gasteiger partial charge in [-0.2, -0.15) is 0 Å². The molecule has 0 aliphatic rings. The highest BCUT2D eigenvalue weighted by Crippen LogP contribution is 2.20. The molecule has 0 radical (unpaired) electrons. The van der Waals surface area contributed by atoms with Crippen LogP contribution in [0.5, 0.6) is 5.75 Å². The van der Waals surface area contributed by atoms with Gasteiger partial charge < -0.3 is 10.5 Å². The minimum absolute atomic E-state index is 0.229. The second kappa shape index (κ2) is 6.92. The van der Waals surface area contributed by atoms with Crippen molar-refractivity contribution in [2.45, 2.75) is 20.5 Å². The van der Waals surface area contributed by atoms with E-state index in [-0.39, 0.29) is 12.4 Å². The summed E-state index contributed by atoms with van der Waals surface area (Å²) in [5, 5.41) is 0. The Hall–Kier alpha value is -2.31. The molecular weight excluding hydrogens is 265 g/mol. The number of benzene rings is 2. The van der Waals surface area contributed by atoms with Crippen LogP contribution in [0.15, 0.2) is 36.4 Å². The molecule has 2 aromatic carbocycles. The van der Waals surface area contributed by atoms with E-state index in [0.29, 0.717) is 17.9 Å². The van der Waals surface area contributed by atoms with Gasteiger partial charge in [0.2, 0.25) is 0 Å². The van der Waals surface area contributed by atoms with E-state index in [9.17, 15) is 4.39 Å². The predicted octanol–water partition coefficient (Wildman–Crippen LogP) is 3.33. The molecule has 21 heavy (non-hydrogen) atoms. The third-order valence-electron chi connectivity index (χ3n) is 2.94. The lowest BCUT2D eigenvalue weighted by atomic mass is 10.1. The van der Waals surface area contributed by atoms with Gasteiger partial charge in [-0.15, -0.1) is 0 Å². The number of rotatable bonds is 3. The average molecular weight is 283 g/mol. The summed E-state index contributed by atoms with van der Waals surface area (Å²) >= 11 is 0. The summed E-state index contributed by atoms with van der Waals surface area (Å²) in [6.45, 7) is 4.75. The normalized spacial score (nSPS) is 9.90. The van der Waals surface area contributed by atoms with Crippen molar-refractivity contribution < 1.29 is 9.13 Å². The summed E-state index contributed by atoms with van der Waals surface area (Å²) in [4.78, 5) is 0. The molecule has 0 aliphatic heterocycles. The minimum atomic E-state index is -0.338. The maximum absolute atomic E-state index is 13.3. The van der Waals surface area contributed by atoms with Crippen molar-refractivity contribution in [1.82, 2.24) is 0 Å². The molecule has 2 rings (SSSR count). The van der Waals surface area contributed by atoms with Crippen LogP contribution in [0.25, 0.3) is 0 Å². The number of hydrogen-bond acceptors (Lipinski definition) is 2. The van der Waals surface area contributed by atoms with E-state index in [2.05, 4.69) is 30.0 Å². The molecule has 0 heterocycles. The highest BCUT2D eigenvalue weighted by Gasteiger charge is 2.04. The molecule has 0 fully saturated rings. The molecule has 0 bridgehead atoms. The van der Waals surface area contributed by atoms with Gasteiger partial charge in [0.1, 0.15) is 18.2 Å². The molecule has 0 atom stereocenters. The summed E-state index contributed by atoms with van der Waals surface area (Å²) in [6, 6.07) is 10.6. The van der Waals surface area contributed by atoms with Gasteiger partial charge in [-0.05, 0) is 37.6 Å². The lowest BCUT2D eigenvalue weighted by Crippen LogP contribution is -1.99. The molecule has 2 N–H and O–H groups in total. The first-order valence-corrected chi connectivity index (χ1v) is 6.77. The number of hydrogen-bond donors (Lipinski definition) is 1. The van der Waals surface area contributed by atoms with Crippen LogP contribution < -0.4 is 10.5 Å². The standard InChI is InChI=1S/C18H18FNO/c1-13-8-14(2)10-15(9-13)12-21-18-6-5-17(19)11-16(18)4-3-7-20/h5-6,8-11H,7,12,20H2,1-2H3. The fourth-order valence-electron chi connectivity index (χ4n) is 2.19. The van der Waals surface area contributed by atoms with Gasteiger partial charge in [-0.3, -0.25) is 0 Å². The van der Waals surface area contributed by atoms with E-state index in [1.165, 1.54) is 23.3 Å². The maximum Gasteiger partial charge on any atom is 0.135 e. The van der Waals surface area contributed by atoms with Gasteiger partial charge in [0, 0.05) is 0 Å². The van der Waals surface area contributed by atoms with Gasteiger partial charge >= 0.3 is 0 Å². The Bertz CT molecular complexity index is 678. The summed E-state index contributed by atoms with van der Waals surface area (Å²) < 4.78 is 19.1. The first kappa shape index (κ1) is 15.1. The van der Waals surface area contributed by atoms with Crippen LogP contribution in [0.2, 0.25) is 0 Å². The van der Waals surface area contributed by atoms with Crippen LogP contribution in [0.3, 0.4) is 0 Å². The highest BCUT2D eigenvalue weighted by atomic mass is 19.1. The number of aryl methyl sites for hydroxylation is 2. The number of nitrogens with two attached hydrogens (primary N) is 1. The Labute approximate surface area is 124 Å². The van der Waals surface area contributed by atoms with Gasteiger partial charge in [-0.25, -0.2) is 4.39 Å². The zero-order valence-electron chi connectivity index (χ0n) is 12.2. The summed E-state index contributed by atoms with van der Waals surface area (Å²) in [5.74, 6) is 5.78. The van der Waals surface area contributed by atoms with E-state index >= 15 is 0 Å². The van der Waals surface area contributed by atoms with Crippen molar-refractivity contribution >= 4 is 0 Å². The van der Waals surface area contributed by atoms with Crippen LogP contribution in [0, 0.1) is 31.5 Å². The van der Waals surface area contributed by atoms with Crippen LogP contribution in [0.1, 0.15) is 22.3 Å². The van der Waals surface area contributed by atoms with Crippen molar-refractivity contribution in [3.8, 4) is 17.6 Å². The molecule has 108 valence electrons. The van der Waals surface area contributed by atoms with Crippen molar-refractivity contribution in [3.05, 3.63) is 64.5 Å². The lowest BCUT2D eigenvalue weighted by Gasteiger charge is -2.10. The fourth-order valence-corrected chi connectivity index (χ4v) is 2.19. The fraction of sp³-hybridized carbons (Fsp3) is 0.222. The third kappa shape index (κ3) is 4.34. The smallest absolute Gasteiger partial charge is 0.135 e. The van der Waals surface area contributed by atoms with Crippen molar-refractivity contribution in [1.29, 1.82) is 0 Å². The van der Waals surface area contributed by atoms with Gasteiger partial charge in [0.15, 0.2) is 0 Å². The van der Waals surface area contributed by atoms with Crippen LogP contribution in [-0.2, 0) is 6.61 Å². The molecule has 0 saturated heterocycles. The van der Waals surface area contributed by atoms with E-state index in [0.717, 1.165) is 5.56 Å². The topological polar surface area (TPSA) is 35.2 Å². The van der Waals surface area contributed by atoms with Crippen LogP contribution in [-0.4, -0.2) is 6.54 Å². The molecule has 2 aromatic rings. The zero-order valence-corrected chi connectivity index (χ0v) is 12.2. The largest absolute Gasteiger partial charge is 0.488 e. The Morgan fingerprint density at radius 2 is 1.81 bits per heavy atom. The van der Waals surface area contributed by atoms with Crippen molar-refractivity contribution in [3.63, 3.8) is 0 Å². The highest BCUT2D eigenvalue weighted by molar-refractivity contribution is 5.46. The van der Waals surface area contributed by atoms with Crippen LogP contribution >= 0.6 is 0 Å². The third-order valence-corrected chi connectivity index (χ3v) is 2.94. The van der Waals surface area contributed by atoms with Gasteiger partial charge in [0.05, 0.1) is 12.1 Å². The second-order valence-electron chi connectivity index (χ2n) is 4.93. The average Bonchev–Trinajstić information content (AvgIpc) is 2.43.